The fraction of sp³-hybridized carbons (Fsp3) is 0.667. The summed E-state index contributed by atoms with van der Waals surface area (Å²) in [6.07, 6.45) is 4.39. The van der Waals surface area contributed by atoms with E-state index in [1.165, 1.54) is 12.1 Å². The second kappa shape index (κ2) is 5.33. The number of aryl methyl sites for hydroxylation is 1. The van der Waals surface area contributed by atoms with Gasteiger partial charge in [0.1, 0.15) is 0 Å². The van der Waals surface area contributed by atoms with Crippen LogP contribution < -0.4 is 5.32 Å². The summed E-state index contributed by atoms with van der Waals surface area (Å²) in [7, 11) is 0. The first-order valence-electron chi connectivity index (χ1n) is 5.86. The number of H-pyrrole nitrogens is 1. The Morgan fingerprint density at radius 2 is 2.27 bits per heavy atom. The lowest BCUT2D eigenvalue weighted by molar-refractivity contribution is 0.175. The number of nitrogens with one attached hydrogen (secondary N) is 1. The van der Waals surface area contributed by atoms with Gasteiger partial charge in [0, 0.05) is 44.1 Å². The molecule has 1 aromatic rings. The highest BCUT2D eigenvalue weighted by Crippen LogP contribution is 2.09. The molecule has 0 saturated carbocycles. The molecule has 3 heteroatoms. The number of hydrogen-bond acceptors (Lipinski definition) is 1. The second-order valence-electron chi connectivity index (χ2n) is 4.29. The predicted octanol–water partition coefficient (Wildman–Crippen LogP) is 1.26. The fourth-order valence-corrected chi connectivity index (χ4v) is 2.13. The van der Waals surface area contributed by atoms with Crippen molar-refractivity contribution in [3.05, 3.63) is 24.0 Å². The Bertz CT molecular complexity index is 262. The molecule has 0 spiro atoms. The van der Waals surface area contributed by atoms with Gasteiger partial charge in [-0.25, -0.2) is 5.32 Å². The average molecular weight is 206 g/mol. The number of rotatable bonds is 4. The molecule has 1 fully saturated rings. The third-order valence-corrected chi connectivity index (χ3v) is 3.21. The molecule has 3 nitrogen and oxygen atoms in total. The Hall–Kier alpha value is -0.800. The van der Waals surface area contributed by atoms with Crippen molar-refractivity contribution < 1.29 is 0 Å². The number of nitrogens with zero attached hydrogens (tertiary/aromatic N) is 2. The smallest absolute Gasteiger partial charge is 0.0261 e. The monoisotopic (exact) mass is 206 g/mol. The van der Waals surface area contributed by atoms with Crippen LogP contribution in [0.5, 0.6) is 0 Å². The molecule has 0 aliphatic carbocycles. The quantitative estimate of drug-likeness (QED) is 0.790. The summed E-state index contributed by atoms with van der Waals surface area (Å²) in [6, 6.07) is 4.92. The predicted molar refractivity (Wildman–Crippen MR) is 62.0 cm³/mol. The maximum Gasteiger partial charge on any atom is 0.0261 e. The first-order valence-corrected chi connectivity index (χ1v) is 5.86. The van der Waals surface area contributed by atoms with Gasteiger partial charge in [-0.2, -0.15) is 0 Å². The van der Waals surface area contributed by atoms with Crippen LogP contribution in [-0.4, -0.2) is 42.1 Å². The van der Waals surface area contributed by atoms with Crippen molar-refractivity contribution in [2.45, 2.75) is 25.8 Å². The zero-order valence-corrected chi connectivity index (χ0v) is 9.45. The fourth-order valence-electron chi connectivity index (χ4n) is 2.13. The molecule has 0 amide bonds. The van der Waals surface area contributed by atoms with Gasteiger partial charge in [-0.15, -0.1) is 0 Å². The third-order valence-electron chi connectivity index (χ3n) is 3.21. The van der Waals surface area contributed by atoms with Crippen LogP contribution in [0, 0.1) is 0 Å². The maximum absolute atomic E-state index is 4.37. The molecular formula is C12H20N3. The summed E-state index contributed by atoms with van der Waals surface area (Å²) in [5, 5.41) is 4.37. The molecule has 1 aliphatic heterocycles. The summed E-state index contributed by atoms with van der Waals surface area (Å²) in [5.74, 6) is 0. The number of hydrogen-bond donors (Lipinski definition) is 1. The van der Waals surface area contributed by atoms with Crippen molar-refractivity contribution in [3.63, 3.8) is 0 Å². The van der Waals surface area contributed by atoms with E-state index in [0.29, 0.717) is 6.04 Å². The zero-order chi connectivity index (χ0) is 10.5. The second-order valence-corrected chi connectivity index (χ2v) is 4.29. The zero-order valence-electron chi connectivity index (χ0n) is 9.45. The summed E-state index contributed by atoms with van der Waals surface area (Å²) in [4.78, 5) is 5.81. The van der Waals surface area contributed by atoms with Crippen LogP contribution in [-0.2, 0) is 6.42 Å². The van der Waals surface area contributed by atoms with Gasteiger partial charge >= 0.3 is 0 Å². The number of aromatic nitrogens is 1. The minimum absolute atomic E-state index is 0.684. The van der Waals surface area contributed by atoms with E-state index in [2.05, 4.69) is 34.3 Å². The standard InChI is InChI=1S/C12H20N3/c1-11(15-9-7-13-8-10-15)4-5-12-3-2-6-14-12/h2-3,6,11,14H,4-5,7-10H2,1H3. The van der Waals surface area contributed by atoms with Crippen LogP contribution in [0.15, 0.2) is 18.3 Å². The lowest BCUT2D eigenvalue weighted by Gasteiger charge is -2.32. The van der Waals surface area contributed by atoms with Crippen LogP contribution in [0.1, 0.15) is 19.0 Å². The van der Waals surface area contributed by atoms with E-state index in [9.17, 15) is 0 Å². The Morgan fingerprint density at radius 3 is 2.93 bits per heavy atom. The van der Waals surface area contributed by atoms with E-state index in [1.54, 1.807) is 0 Å². The Labute approximate surface area is 91.9 Å². The van der Waals surface area contributed by atoms with Crippen LogP contribution in [0.2, 0.25) is 0 Å². The summed E-state index contributed by atoms with van der Waals surface area (Å²) < 4.78 is 0. The van der Waals surface area contributed by atoms with Gasteiger partial charge in [-0.05, 0) is 31.9 Å². The van der Waals surface area contributed by atoms with E-state index in [0.717, 1.165) is 32.6 Å². The van der Waals surface area contributed by atoms with Crippen molar-refractivity contribution >= 4 is 0 Å². The van der Waals surface area contributed by atoms with E-state index >= 15 is 0 Å². The topological polar surface area (TPSA) is 33.1 Å². The highest BCUT2D eigenvalue weighted by molar-refractivity contribution is 5.03. The van der Waals surface area contributed by atoms with Gasteiger partial charge in [0.15, 0.2) is 0 Å². The minimum Gasteiger partial charge on any atom is -0.365 e. The van der Waals surface area contributed by atoms with E-state index in [1.807, 2.05) is 6.20 Å². The molecule has 1 unspecified atom stereocenters. The molecular weight excluding hydrogens is 186 g/mol. The van der Waals surface area contributed by atoms with Gasteiger partial charge in [-0.1, -0.05) is 0 Å². The van der Waals surface area contributed by atoms with Gasteiger partial charge in [0.2, 0.25) is 0 Å². The van der Waals surface area contributed by atoms with E-state index in [4.69, 9.17) is 0 Å². The molecule has 0 bridgehead atoms. The Balaban J connectivity index is 1.74. The van der Waals surface area contributed by atoms with Crippen molar-refractivity contribution in [1.82, 2.24) is 15.2 Å². The molecule has 2 rings (SSSR count). The van der Waals surface area contributed by atoms with Crippen LogP contribution in [0.25, 0.3) is 0 Å². The summed E-state index contributed by atoms with van der Waals surface area (Å²) >= 11 is 0. The van der Waals surface area contributed by atoms with Gasteiger partial charge in [0.05, 0.1) is 0 Å². The number of aromatic amines is 1. The third kappa shape index (κ3) is 3.08. The highest BCUT2D eigenvalue weighted by atomic mass is 15.2. The van der Waals surface area contributed by atoms with Crippen molar-refractivity contribution in [1.29, 1.82) is 0 Å². The van der Waals surface area contributed by atoms with Crippen LogP contribution in [0.3, 0.4) is 0 Å². The van der Waals surface area contributed by atoms with Crippen LogP contribution in [0.4, 0.5) is 0 Å². The Kier molecular flexibility index (Phi) is 3.80. The highest BCUT2D eigenvalue weighted by Gasteiger charge is 2.16. The minimum atomic E-state index is 0.684. The molecule has 1 N–H and O–H groups in total. The lowest BCUT2D eigenvalue weighted by Crippen LogP contribution is -2.45. The van der Waals surface area contributed by atoms with Gasteiger partial charge in [-0.3, -0.25) is 4.90 Å². The SMILES string of the molecule is CC(CCc1ccc[nH]1)N1CC[N]CC1. The van der Waals surface area contributed by atoms with Crippen molar-refractivity contribution in [3.8, 4) is 0 Å². The largest absolute Gasteiger partial charge is 0.365 e. The molecule has 1 aromatic heterocycles. The Morgan fingerprint density at radius 1 is 1.47 bits per heavy atom. The molecule has 83 valence electrons. The summed E-state index contributed by atoms with van der Waals surface area (Å²) in [5.41, 5.74) is 1.35. The van der Waals surface area contributed by atoms with Crippen molar-refractivity contribution in [2.75, 3.05) is 26.2 Å². The molecule has 1 atom stereocenters. The first kappa shape index (κ1) is 10.7. The van der Waals surface area contributed by atoms with Crippen LogP contribution >= 0.6 is 0 Å². The number of piperazine rings is 1. The van der Waals surface area contributed by atoms with Gasteiger partial charge in [0.25, 0.3) is 0 Å². The molecule has 2 heterocycles. The average Bonchev–Trinajstić information content (AvgIpc) is 2.80. The first-order chi connectivity index (χ1) is 7.36. The lowest BCUT2D eigenvalue weighted by atomic mass is 10.1. The normalized spacial score (nSPS) is 20.3. The van der Waals surface area contributed by atoms with Crippen molar-refractivity contribution in [2.24, 2.45) is 0 Å². The summed E-state index contributed by atoms with van der Waals surface area (Å²) in [6.45, 7) is 6.66. The molecule has 1 saturated heterocycles. The molecule has 1 aliphatic rings. The molecule has 0 aromatic carbocycles. The van der Waals surface area contributed by atoms with E-state index in [-0.39, 0.29) is 0 Å². The van der Waals surface area contributed by atoms with Gasteiger partial charge < -0.3 is 4.98 Å². The molecule has 1 radical (unpaired) electrons. The molecule has 15 heavy (non-hydrogen) atoms. The van der Waals surface area contributed by atoms with E-state index < -0.39 is 0 Å². The maximum atomic E-state index is 4.37.